The van der Waals surface area contributed by atoms with Crippen molar-refractivity contribution in [3.05, 3.63) is 102 Å². The van der Waals surface area contributed by atoms with E-state index < -0.39 is 0 Å². The smallest absolute Gasteiger partial charge is 0.257 e. The molecule has 0 atom stereocenters. The number of carbonyl (C=O) groups is 2. The van der Waals surface area contributed by atoms with Gasteiger partial charge < -0.3 is 30.6 Å². The Bertz CT molecular complexity index is 1920. The van der Waals surface area contributed by atoms with E-state index in [0.717, 1.165) is 48.6 Å². The van der Waals surface area contributed by atoms with Crippen molar-refractivity contribution >= 4 is 40.3 Å². The van der Waals surface area contributed by atoms with Gasteiger partial charge in [-0.25, -0.2) is 9.97 Å². The molecule has 48 heavy (non-hydrogen) atoms. The number of benzene rings is 3. The third-order valence-electron chi connectivity index (χ3n) is 8.58. The van der Waals surface area contributed by atoms with Gasteiger partial charge in [0.15, 0.2) is 11.5 Å². The van der Waals surface area contributed by atoms with Gasteiger partial charge in [0.05, 0.1) is 11.3 Å². The number of amides is 2. The van der Waals surface area contributed by atoms with Crippen molar-refractivity contribution in [3.8, 4) is 11.3 Å². The van der Waals surface area contributed by atoms with E-state index in [1.807, 2.05) is 97.1 Å². The topological polar surface area (TPSA) is 121 Å². The number of nitrogens with one attached hydrogen (secondary N) is 2. The molecule has 2 amide bonds. The van der Waals surface area contributed by atoms with Crippen LogP contribution in [0.15, 0.2) is 79.3 Å². The Kier molecular flexibility index (Phi) is 10.1. The molecule has 5 aromatic rings. The molecule has 1 aliphatic heterocycles. The van der Waals surface area contributed by atoms with Crippen LogP contribution in [0.3, 0.4) is 0 Å². The Hall–Kier alpha value is -5.22. The molecule has 1 fully saturated rings. The van der Waals surface area contributed by atoms with E-state index >= 15 is 0 Å². The number of carbonyl (C=O) groups excluding carboxylic acids is 2. The van der Waals surface area contributed by atoms with Crippen molar-refractivity contribution < 1.29 is 9.59 Å². The normalized spacial score (nSPS) is 13.5. The molecule has 1 saturated heterocycles. The summed E-state index contributed by atoms with van der Waals surface area (Å²) in [6.45, 7) is 15.5. The molecule has 0 radical (unpaired) electrons. The first-order valence-electron chi connectivity index (χ1n) is 16.5. The van der Waals surface area contributed by atoms with E-state index in [-0.39, 0.29) is 17.2 Å². The highest BCUT2D eigenvalue weighted by Gasteiger charge is 2.21. The molecular weight excluding hydrogens is 600 g/mol. The summed E-state index contributed by atoms with van der Waals surface area (Å²) in [5.41, 5.74) is 13.4. The molecule has 0 aliphatic carbocycles. The maximum atomic E-state index is 13.3. The maximum Gasteiger partial charge on any atom is 0.257 e. The highest BCUT2D eigenvalue weighted by Crippen LogP contribution is 2.31. The maximum absolute atomic E-state index is 13.3. The lowest BCUT2D eigenvalue weighted by molar-refractivity contribution is 0.0664. The molecule has 3 aromatic carbocycles. The number of hydrogen-bond acceptors (Lipinski definition) is 7. The molecule has 6 rings (SSSR count). The third-order valence-corrected chi connectivity index (χ3v) is 8.58. The van der Waals surface area contributed by atoms with Crippen LogP contribution in [0.5, 0.6) is 0 Å². The lowest BCUT2D eigenvalue weighted by Gasteiger charge is -2.32. The number of piperazine rings is 1. The van der Waals surface area contributed by atoms with E-state index in [1.165, 1.54) is 0 Å². The highest BCUT2D eigenvalue weighted by atomic mass is 16.2. The molecule has 2 aromatic heterocycles. The second-order valence-corrected chi connectivity index (χ2v) is 12.9. The van der Waals surface area contributed by atoms with E-state index in [4.69, 9.17) is 10.7 Å². The van der Waals surface area contributed by atoms with Crippen LogP contribution in [0.4, 0.5) is 22.9 Å². The number of fused-ring (bicyclic) bond motifs is 1. The summed E-state index contributed by atoms with van der Waals surface area (Å²) in [5, 5.41) is 6.44. The van der Waals surface area contributed by atoms with Gasteiger partial charge in [-0.05, 0) is 73.0 Å². The van der Waals surface area contributed by atoms with Crippen molar-refractivity contribution in [3.63, 3.8) is 0 Å². The number of likely N-dealkylation sites (N-methyl/N-ethyl adjacent to an activating group) is 1. The van der Waals surface area contributed by atoms with Gasteiger partial charge in [0.2, 0.25) is 0 Å². The van der Waals surface area contributed by atoms with Gasteiger partial charge >= 0.3 is 0 Å². The van der Waals surface area contributed by atoms with Crippen LogP contribution in [-0.2, 0) is 5.41 Å². The molecular formula is C38H46N8O2. The van der Waals surface area contributed by atoms with Crippen LogP contribution in [-0.4, -0.2) is 69.2 Å². The highest BCUT2D eigenvalue weighted by molar-refractivity contribution is 6.08. The number of nitrogen functional groups attached to an aromatic ring is 1. The van der Waals surface area contributed by atoms with Crippen molar-refractivity contribution in [2.75, 3.05) is 49.6 Å². The third kappa shape index (κ3) is 7.34. The standard InChI is InChI=1S/C36H40N8O2.C2H6/c1-23-27(7-6-8-30(23)41-34(45)28-14-11-25(21-29(28)37)36(2,3)4)31-22-44-16-15-38-33(44)32(40-31)39-26-12-9-24(10-13-26)35(46)43-19-17-42(5)18-20-43;1-2/h6-16,21-22H,17-20,37H2,1-5H3,(H,39,40)(H,41,45);1-2H3. The molecule has 10 heteroatoms. The monoisotopic (exact) mass is 646 g/mol. The molecule has 250 valence electrons. The Morgan fingerprint density at radius 1 is 0.938 bits per heavy atom. The number of anilines is 4. The fourth-order valence-corrected chi connectivity index (χ4v) is 5.64. The average Bonchev–Trinajstić information content (AvgIpc) is 3.56. The fourth-order valence-electron chi connectivity index (χ4n) is 5.64. The first-order valence-corrected chi connectivity index (χ1v) is 16.5. The van der Waals surface area contributed by atoms with Gasteiger partial charge in [0, 0.05) is 73.0 Å². The summed E-state index contributed by atoms with van der Waals surface area (Å²) in [7, 11) is 2.07. The van der Waals surface area contributed by atoms with Crippen LogP contribution < -0.4 is 16.4 Å². The predicted octanol–water partition coefficient (Wildman–Crippen LogP) is 6.99. The van der Waals surface area contributed by atoms with E-state index in [2.05, 4.69) is 48.3 Å². The summed E-state index contributed by atoms with van der Waals surface area (Å²) in [6.07, 6.45) is 5.51. The van der Waals surface area contributed by atoms with Gasteiger partial charge in [-0.1, -0.05) is 52.8 Å². The van der Waals surface area contributed by atoms with E-state index in [0.29, 0.717) is 39.7 Å². The van der Waals surface area contributed by atoms with Crippen molar-refractivity contribution in [2.45, 2.75) is 47.0 Å². The Morgan fingerprint density at radius 2 is 1.65 bits per heavy atom. The number of nitrogens with zero attached hydrogens (tertiary/aromatic N) is 5. The second-order valence-electron chi connectivity index (χ2n) is 12.9. The van der Waals surface area contributed by atoms with Crippen molar-refractivity contribution in [2.24, 2.45) is 0 Å². The number of rotatable bonds is 6. The van der Waals surface area contributed by atoms with Crippen molar-refractivity contribution in [1.29, 1.82) is 0 Å². The first kappa shape index (κ1) is 34.1. The van der Waals surface area contributed by atoms with Crippen LogP contribution in [0, 0.1) is 6.92 Å². The zero-order valence-electron chi connectivity index (χ0n) is 29.0. The first-order chi connectivity index (χ1) is 23.0. The average molecular weight is 647 g/mol. The van der Waals surface area contributed by atoms with Crippen LogP contribution in [0.2, 0.25) is 0 Å². The Balaban J connectivity index is 0.00000221. The van der Waals surface area contributed by atoms with Crippen LogP contribution in [0.1, 0.15) is 66.5 Å². The minimum atomic E-state index is -0.270. The lowest BCUT2D eigenvalue weighted by atomic mass is 9.86. The Morgan fingerprint density at radius 3 is 2.31 bits per heavy atom. The summed E-state index contributed by atoms with van der Waals surface area (Å²) in [5.74, 6) is 0.344. The van der Waals surface area contributed by atoms with E-state index in [1.54, 1.807) is 12.3 Å². The van der Waals surface area contributed by atoms with Crippen molar-refractivity contribution in [1.82, 2.24) is 24.2 Å². The molecule has 0 bridgehead atoms. The largest absolute Gasteiger partial charge is 0.398 e. The fraction of sp³-hybridized carbons (Fsp3) is 0.316. The molecule has 10 nitrogen and oxygen atoms in total. The van der Waals surface area contributed by atoms with E-state index in [9.17, 15) is 9.59 Å². The summed E-state index contributed by atoms with van der Waals surface area (Å²) in [4.78, 5) is 39.9. The Labute approximate surface area is 283 Å². The van der Waals surface area contributed by atoms with Gasteiger partial charge in [0.1, 0.15) is 0 Å². The summed E-state index contributed by atoms with van der Waals surface area (Å²) < 4.78 is 1.91. The minimum Gasteiger partial charge on any atom is -0.398 e. The minimum absolute atomic E-state index is 0.0440. The number of aromatic nitrogens is 3. The second kappa shape index (κ2) is 14.3. The lowest BCUT2D eigenvalue weighted by Crippen LogP contribution is -2.47. The van der Waals surface area contributed by atoms with Gasteiger partial charge in [0.25, 0.3) is 11.8 Å². The molecule has 0 saturated carbocycles. The quantitative estimate of drug-likeness (QED) is 0.170. The van der Waals surface area contributed by atoms with Gasteiger partial charge in [-0.2, -0.15) is 0 Å². The number of hydrogen-bond donors (Lipinski definition) is 3. The molecule has 4 N–H and O–H groups in total. The molecule has 0 unspecified atom stereocenters. The number of imidazole rings is 1. The molecule has 0 spiro atoms. The summed E-state index contributed by atoms with van der Waals surface area (Å²) in [6, 6.07) is 18.8. The SMILES string of the molecule is CC.Cc1c(NC(=O)c2ccc(C(C)(C)C)cc2N)cccc1-c1cn2ccnc2c(Nc2ccc(C(=O)N3CCN(C)CC3)cc2)n1. The van der Waals surface area contributed by atoms with Crippen LogP contribution in [0.25, 0.3) is 16.9 Å². The predicted molar refractivity (Wildman–Crippen MR) is 195 cm³/mol. The van der Waals surface area contributed by atoms with Gasteiger partial charge in [-0.3, -0.25) is 9.59 Å². The van der Waals surface area contributed by atoms with Gasteiger partial charge in [-0.15, -0.1) is 0 Å². The number of nitrogens with two attached hydrogens (primary N) is 1. The molecule has 3 heterocycles. The van der Waals surface area contributed by atoms with Crippen LogP contribution >= 0.6 is 0 Å². The zero-order valence-corrected chi connectivity index (χ0v) is 29.0. The zero-order chi connectivity index (χ0) is 34.6. The summed E-state index contributed by atoms with van der Waals surface area (Å²) >= 11 is 0. The molecule has 1 aliphatic rings.